The lowest BCUT2D eigenvalue weighted by Gasteiger charge is -2.05. The van der Waals surface area contributed by atoms with Crippen molar-refractivity contribution in [2.75, 3.05) is 5.32 Å². The van der Waals surface area contributed by atoms with Crippen LogP contribution in [0.5, 0.6) is 0 Å². The highest BCUT2D eigenvalue weighted by molar-refractivity contribution is 7.13. The predicted molar refractivity (Wildman–Crippen MR) is 93.5 cm³/mol. The lowest BCUT2D eigenvalue weighted by atomic mass is 10.2. The van der Waals surface area contributed by atoms with Crippen molar-refractivity contribution in [1.82, 2.24) is 9.55 Å². The van der Waals surface area contributed by atoms with Gasteiger partial charge in [-0.2, -0.15) is 0 Å². The van der Waals surface area contributed by atoms with Gasteiger partial charge in [0.1, 0.15) is 12.3 Å². The van der Waals surface area contributed by atoms with Gasteiger partial charge in [-0.1, -0.05) is 29.8 Å². The van der Waals surface area contributed by atoms with Crippen molar-refractivity contribution >= 4 is 50.8 Å². The van der Waals surface area contributed by atoms with E-state index in [1.165, 1.54) is 18.3 Å². The van der Waals surface area contributed by atoms with Crippen LogP contribution in [0, 0.1) is 0 Å². The van der Waals surface area contributed by atoms with Gasteiger partial charge in [-0.05, 0) is 6.07 Å². The van der Waals surface area contributed by atoms with Crippen molar-refractivity contribution in [2.24, 2.45) is 7.05 Å². The van der Waals surface area contributed by atoms with Gasteiger partial charge in [0.05, 0.1) is 10.7 Å². The molecule has 2 heterocycles. The molecule has 0 radical (unpaired) electrons. The van der Waals surface area contributed by atoms with Crippen molar-refractivity contribution in [3.63, 3.8) is 0 Å². The van der Waals surface area contributed by atoms with Gasteiger partial charge < -0.3 is 14.6 Å². The lowest BCUT2D eigenvalue weighted by molar-refractivity contribution is -0.114. The zero-order valence-corrected chi connectivity index (χ0v) is 14.6. The van der Waals surface area contributed by atoms with Crippen molar-refractivity contribution in [1.29, 1.82) is 0 Å². The number of aryl methyl sites for hydroxylation is 1. The minimum atomic E-state index is -0.521. The molecule has 24 heavy (non-hydrogen) atoms. The number of nitrogens with zero attached hydrogens (tertiary/aromatic N) is 2. The molecular weight excluding hydrogens is 350 g/mol. The molecule has 124 valence electrons. The third kappa shape index (κ3) is 3.13. The van der Waals surface area contributed by atoms with E-state index in [2.05, 4.69) is 10.3 Å². The van der Waals surface area contributed by atoms with Crippen molar-refractivity contribution in [3.8, 4) is 0 Å². The summed E-state index contributed by atoms with van der Waals surface area (Å²) in [6.45, 7) is 1.41. The SMILES string of the molecule is CC(=O)Nc1nc(COC(=O)c2c(Cl)c3ccccc3n2C)cs1. The predicted octanol–water partition coefficient (Wildman–Crippen LogP) is 3.60. The quantitative estimate of drug-likeness (QED) is 0.719. The fourth-order valence-electron chi connectivity index (χ4n) is 2.36. The molecule has 1 aromatic carbocycles. The van der Waals surface area contributed by atoms with Crippen LogP contribution in [0.15, 0.2) is 29.6 Å². The Bertz CT molecular complexity index is 893. The van der Waals surface area contributed by atoms with Gasteiger partial charge in [-0.3, -0.25) is 4.79 Å². The van der Waals surface area contributed by atoms with Crippen LogP contribution in [0.25, 0.3) is 10.9 Å². The number of carbonyl (C=O) groups excluding carboxylic acids is 2. The lowest BCUT2D eigenvalue weighted by Crippen LogP contribution is -2.11. The molecule has 3 aromatic rings. The standard InChI is InChI=1S/C16H14ClN3O3S/c1-9(21)18-16-19-10(8-24-16)7-23-15(22)14-13(17)11-5-3-4-6-12(11)20(14)2/h3-6,8H,7H2,1-2H3,(H,18,19,21). The van der Waals surface area contributed by atoms with Crippen LogP contribution in [0.4, 0.5) is 5.13 Å². The highest BCUT2D eigenvalue weighted by Gasteiger charge is 2.21. The van der Waals surface area contributed by atoms with Gasteiger partial charge in [-0.25, -0.2) is 9.78 Å². The molecule has 0 saturated heterocycles. The molecule has 0 fully saturated rings. The Morgan fingerprint density at radius 1 is 1.38 bits per heavy atom. The Hall–Kier alpha value is -2.38. The highest BCUT2D eigenvalue weighted by Crippen LogP contribution is 2.30. The Labute approximate surface area is 147 Å². The number of para-hydroxylation sites is 1. The number of amides is 1. The fourth-order valence-corrected chi connectivity index (χ4v) is 3.47. The van der Waals surface area contributed by atoms with Gasteiger partial charge in [0.15, 0.2) is 5.13 Å². The monoisotopic (exact) mass is 363 g/mol. The number of aromatic nitrogens is 2. The maximum Gasteiger partial charge on any atom is 0.356 e. The average Bonchev–Trinajstić information content (AvgIpc) is 3.08. The number of ether oxygens (including phenoxy) is 1. The number of halogens is 1. The fraction of sp³-hybridized carbons (Fsp3) is 0.188. The zero-order chi connectivity index (χ0) is 17.3. The topological polar surface area (TPSA) is 73.2 Å². The van der Waals surface area contributed by atoms with E-state index in [-0.39, 0.29) is 12.5 Å². The molecule has 0 saturated carbocycles. The van der Waals surface area contributed by atoms with E-state index in [0.717, 1.165) is 10.9 Å². The summed E-state index contributed by atoms with van der Waals surface area (Å²) in [4.78, 5) is 27.6. The molecule has 0 aliphatic rings. The van der Waals surface area contributed by atoms with Crippen LogP contribution in [0.3, 0.4) is 0 Å². The first-order valence-electron chi connectivity index (χ1n) is 7.09. The van der Waals surface area contributed by atoms with Gasteiger partial charge in [-0.15, -0.1) is 11.3 Å². The molecule has 3 rings (SSSR count). The molecule has 2 aromatic heterocycles. The number of fused-ring (bicyclic) bond motifs is 1. The molecule has 6 nitrogen and oxygen atoms in total. The first-order chi connectivity index (χ1) is 11.5. The number of nitrogens with one attached hydrogen (secondary N) is 1. The van der Waals surface area contributed by atoms with Crippen LogP contribution in [0.2, 0.25) is 5.02 Å². The summed E-state index contributed by atoms with van der Waals surface area (Å²) in [6, 6.07) is 7.49. The summed E-state index contributed by atoms with van der Waals surface area (Å²) in [5, 5.41) is 5.95. The van der Waals surface area contributed by atoms with Crippen molar-refractivity contribution in [2.45, 2.75) is 13.5 Å². The highest BCUT2D eigenvalue weighted by atomic mass is 35.5. The van der Waals surface area contributed by atoms with Crippen molar-refractivity contribution in [3.05, 3.63) is 46.1 Å². The summed E-state index contributed by atoms with van der Waals surface area (Å²) in [7, 11) is 1.77. The van der Waals surface area contributed by atoms with Gasteiger partial charge in [0, 0.05) is 30.3 Å². The average molecular weight is 364 g/mol. The van der Waals surface area contributed by atoms with E-state index in [0.29, 0.717) is 21.5 Å². The molecule has 0 atom stereocenters. The molecule has 0 bridgehead atoms. The minimum Gasteiger partial charge on any atom is -0.454 e. The van der Waals surface area contributed by atoms with E-state index in [9.17, 15) is 9.59 Å². The molecule has 0 aliphatic heterocycles. The minimum absolute atomic E-state index is 0.00672. The largest absolute Gasteiger partial charge is 0.454 e. The van der Waals surface area contributed by atoms with Crippen LogP contribution >= 0.6 is 22.9 Å². The third-order valence-corrected chi connectivity index (χ3v) is 4.61. The summed E-state index contributed by atoms with van der Waals surface area (Å²) >= 11 is 7.59. The molecule has 8 heteroatoms. The Kier molecular flexibility index (Phi) is 4.55. The summed E-state index contributed by atoms with van der Waals surface area (Å²) in [5.41, 5.74) is 1.72. The van der Waals surface area contributed by atoms with Crippen molar-refractivity contribution < 1.29 is 14.3 Å². The number of rotatable bonds is 4. The van der Waals surface area contributed by atoms with Crippen LogP contribution in [0.1, 0.15) is 23.1 Å². The van der Waals surface area contributed by atoms with Gasteiger partial charge in [0.2, 0.25) is 5.91 Å². The van der Waals surface area contributed by atoms with Gasteiger partial charge in [0.25, 0.3) is 0 Å². The number of benzene rings is 1. The molecule has 0 spiro atoms. The number of esters is 1. The second-order valence-corrected chi connectivity index (χ2v) is 6.38. The van der Waals surface area contributed by atoms with E-state index in [1.54, 1.807) is 17.0 Å². The number of thiazole rings is 1. The Morgan fingerprint density at radius 2 is 2.12 bits per heavy atom. The zero-order valence-electron chi connectivity index (χ0n) is 13.0. The Morgan fingerprint density at radius 3 is 2.83 bits per heavy atom. The first-order valence-corrected chi connectivity index (χ1v) is 8.35. The summed E-state index contributed by atoms with van der Waals surface area (Å²) in [6.07, 6.45) is 0. The van der Waals surface area contributed by atoms with Crippen LogP contribution in [-0.4, -0.2) is 21.4 Å². The molecule has 0 unspecified atom stereocenters. The smallest absolute Gasteiger partial charge is 0.356 e. The van der Waals surface area contributed by atoms with Crippen LogP contribution < -0.4 is 5.32 Å². The number of carbonyl (C=O) groups is 2. The maximum atomic E-state index is 12.4. The summed E-state index contributed by atoms with van der Waals surface area (Å²) < 4.78 is 7.02. The maximum absolute atomic E-state index is 12.4. The third-order valence-electron chi connectivity index (χ3n) is 3.42. The van der Waals surface area contributed by atoms with E-state index >= 15 is 0 Å². The molecule has 1 amide bonds. The molecular formula is C16H14ClN3O3S. The van der Waals surface area contributed by atoms with E-state index in [1.807, 2.05) is 24.3 Å². The Balaban J connectivity index is 1.76. The van der Waals surface area contributed by atoms with Gasteiger partial charge >= 0.3 is 5.97 Å². The second kappa shape index (κ2) is 6.62. The normalized spacial score (nSPS) is 10.8. The van der Waals surface area contributed by atoms with E-state index < -0.39 is 5.97 Å². The number of hydrogen-bond acceptors (Lipinski definition) is 5. The number of hydrogen-bond donors (Lipinski definition) is 1. The first kappa shape index (κ1) is 16.5. The summed E-state index contributed by atoms with van der Waals surface area (Å²) in [5.74, 6) is -0.719. The van der Waals surface area contributed by atoms with E-state index in [4.69, 9.17) is 16.3 Å². The second-order valence-electron chi connectivity index (χ2n) is 5.14. The molecule has 1 N–H and O–H groups in total. The molecule has 0 aliphatic carbocycles. The van der Waals surface area contributed by atoms with Crippen LogP contribution in [-0.2, 0) is 23.2 Å². The number of anilines is 1.